The first-order chi connectivity index (χ1) is 32.6. The van der Waals surface area contributed by atoms with Crippen molar-refractivity contribution in [3.63, 3.8) is 0 Å². The molecule has 0 bridgehead atoms. The van der Waals surface area contributed by atoms with Crippen molar-refractivity contribution >= 4 is 63.6 Å². The van der Waals surface area contributed by atoms with Crippen molar-refractivity contribution in [1.82, 2.24) is 9.80 Å². The standard InChI is InChI=1S/C25H19FN4O2.C18H15BrFN3O2.C7H6BNO2/c1-28-17-7-5-6-15(12-17)16-10-11-21-19(13-16)25(23(31)30(2)24(27)29-25)14-22(32-21)18-8-3-4-9-20(18)26;1-23-16(24)18(22-17(23)21)9-15(11-4-2-3-5-13(11)20)25-14-7-6-10(19)8-12(14)18;1-9-7-4-2-3-6(5-7)8(10)11/h3-13,22H,14H2,2H3,(H2,27,29);2-8,15H,9H2,1H3,(H2,21,22);2-5,10-11H. The van der Waals surface area contributed by atoms with E-state index in [-0.39, 0.29) is 42.4 Å². The number of nitrogens with zero attached hydrogens (tertiary/aromatic N) is 6. The smallest absolute Gasteiger partial charge is 0.485 e. The quantitative estimate of drug-likeness (QED) is 0.103. The monoisotopic (exact) mass is 976 g/mol. The Hall–Kier alpha value is -7.90. The molecule has 4 unspecified atom stereocenters. The van der Waals surface area contributed by atoms with Crippen LogP contribution in [0.2, 0.25) is 0 Å². The summed E-state index contributed by atoms with van der Waals surface area (Å²) in [6.07, 6.45) is -1.04. The third-order valence-electron chi connectivity index (χ3n) is 12.0. The fourth-order valence-corrected chi connectivity index (χ4v) is 8.92. The van der Waals surface area contributed by atoms with Gasteiger partial charge in [0.2, 0.25) is 0 Å². The van der Waals surface area contributed by atoms with Crippen LogP contribution in [0.15, 0.2) is 148 Å². The van der Waals surface area contributed by atoms with E-state index in [2.05, 4.69) is 35.6 Å². The van der Waals surface area contributed by atoms with Gasteiger partial charge < -0.3 is 31.0 Å². The number of hydrogen-bond acceptors (Lipinski definition) is 10. The Morgan fingerprint density at radius 1 is 0.662 bits per heavy atom. The van der Waals surface area contributed by atoms with Gasteiger partial charge in [-0.3, -0.25) is 19.4 Å². The molecule has 0 saturated heterocycles. The molecule has 14 nitrogen and oxygen atoms in total. The van der Waals surface area contributed by atoms with Crippen molar-refractivity contribution in [3.8, 4) is 22.6 Å². The summed E-state index contributed by atoms with van der Waals surface area (Å²) in [4.78, 5) is 44.7. The summed E-state index contributed by atoms with van der Waals surface area (Å²) in [5.74, 6) is -0.0985. The lowest BCUT2D eigenvalue weighted by molar-refractivity contribution is -0.133. The van der Waals surface area contributed by atoms with Gasteiger partial charge in [0.1, 0.15) is 35.3 Å². The highest BCUT2D eigenvalue weighted by Crippen LogP contribution is 2.52. The van der Waals surface area contributed by atoms with Gasteiger partial charge in [-0.15, -0.1) is 0 Å². The Balaban J connectivity index is 0.000000154. The second-order valence-electron chi connectivity index (χ2n) is 16.1. The highest BCUT2D eigenvalue weighted by atomic mass is 79.9. The molecule has 10 rings (SSSR count). The largest absolute Gasteiger partial charge is 0.487 e. The van der Waals surface area contributed by atoms with Gasteiger partial charge in [-0.1, -0.05) is 101 Å². The summed E-state index contributed by atoms with van der Waals surface area (Å²) in [5, 5.41) is 17.4. The molecule has 18 heteroatoms. The van der Waals surface area contributed by atoms with Gasteiger partial charge in [0, 0.05) is 53.7 Å². The summed E-state index contributed by atoms with van der Waals surface area (Å²) in [7, 11) is 1.67. The van der Waals surface area contributed by atoms with E-state index < -0.39 is 36.2 Å². The first-order valence-corrected chi connectivity index (χ1v) is 21.7. The molecule has 2 spiro atoms. The molecule has 340 valence electrons. The lowest BCUT2D eigenvalue weighted by Gasteiger charge is -2.37. The highest BCUT2D eigenvalue weighted by Gasteiger charge is 2.55. The van der Waals surface area contributed by atoms with Crippen LogP contribution in [-0.2, 0) is 20.7 Å². The number of amides is 2. The van der Waals surface area contributed by atoms with Crippen LogP contribution in [0.1, 0.15) is 47.3 Å². The number of carbonyl (C=O) groups is 2. The summed E-state index contributed by atoms with van der Waals surface area (Å²) < 4.78 is 41.9. The fourth-order valence-electron chi connectivity index (χ4n) is 8.56. The van der Waals surface area contributed by atoms with E-state index in [9.17, 15) is 18.4 Å². The number of fused-ring (bicyclic) bond motifs is 4. The van der Waals surface area contributed by atoms with Gasteiger partial charge in [0.05, 0.1) is 13.1 Å². The molecule has 0 saturated carbocycles. The van der Waals surface area contributed by atoms with Crippen molar-refractivity contribution in [1.29, 1.82) is 0 Å². The first-order valence-electron chi connectivity index (χ1n) is 20.9. The summed E-state index contributed by atoms with van der Waals surface area (Å²) >= 11 is 3.42. The van der Waals surface area contributed by atoms with E-state index in [1.54, 1.807) is 99.0 Å². The van der Waals surface area contributed by atoms with Crippen LogP contribution < -0.4 is 26.4 Å². The zero-order valence-corrected chi connectivity index (χ0v) is 37.9. The SMILES string of the molecule is CN1C(=O)C2(CC(c3ccccc3F)Oc3ccc(Br)cc32)N=C1N.[C-]#[N+]c1cccc(-c2ccc3c(c2)C2(CC(c4ccccc4F)O3)N=C(N)N(C)C2=O)c1.[C-]#[N+]c1cccc(B(O)O)c1. The van der Waals surface area contributed by atoms with E-state index in [0.717, 1.165) is 15.6 Å². The maximum atomic E-state index is 14.6. The van der Waals surface area contributed by atoms with Crippen molar-refractivity contribution in [2.45, 2.75) is 36.1 Å². The van der Waals surface area contributed by atoms with Gasteiger partial charge >= 0.3 is 7.12 Å². The normalized spacial score (nSPS) is 20.8. The van der Waals surface area contributed by atoms with Gasteiger partial charge in [0.15, 0.2) is 34.4 Å². The first kappa shape index (κ1) is 46.6. The molecule has 0 fully saturated rings. The van der Waals surface area contributed by atoms with Crippen LogP contribution >= 0.6 is 15.9 Å². The Morgan fingerprint density at radius 2 is 1.13 bits per heavy atom. The summed E-state index contributed by atoms with van der Waals surface area (Å²) in [6, 6.07) is 37.1. The maximum absolute atomic E-state index is 14.6. The zero-order valence-electron chi connectivity index (χ0n) is 36.3. The van der Waals surface area contributed by atoms with E-state index in [4.69, 9.17) is 44.1 Å². The van der Waals surface area contributed by atoms with Gasteiger partial charge in [-0.25, -0.2) is 28.5 Å². The molecule has 0 radical (unpaired) electrons. The van der Waals surface area contributed by atoms with Crippen molar-refractivity contribution in [2.24, 2.45) is 21.5 Å². The van der Waals surface area contributed by atoms with E-state index in [0.29, 0.717) is 50.6 Å². The number of aliphatic imine (C=N–C) groups is 2. The molecule has 4 aliphatic rings. The summed E-state index contributed by atoms with van der Waals surface area (Å²) in [6.45, 7) is 13.9. The predicted molar refractivity (Wildman–Crippen MR) is 256 cm³/mol. The van der Waals surface area contributed by atoms with Crippen LogP contribution in [0, 0.1) is 24.8 Å². The lowest BCUT2D eigenvalue weighted by Crippen LogP contribution is -2.43. The number of guanidine groups is 2. The van der Waals surface area contributed by atoms with Crippen LogP contribution in [-0.4, -0.2) is 64.8 Å². The second-order valence-corrected chi connectivity index (χ2v) is 17.1. The molecule has 68 heavy (non-hydrogen) atoms. The fraction of sp³-hybridized carbons (Fsp3) is 0.160. The van der Waals surface area contributed by atoms with Crippen molar-refractivity contribution in [3.05, 3.63) is 195 Å². The average molecular weight is 978 g/mol. The third kappa shape index (κ3) is 8.64. The molecule has 0 aromatic heterocycles. The Labute approximate surface area is 398 Å². The zero-order chi connectivity index (χ0) is 48.5. The lowest BCUT2D eigenvalue weighted by atomic mass is 9.79. The minimum atomic E-state index is -1.49. The molecule has 4 heterocycles. The van der Waals surface area contributed by atoms with Crippen LogP contribution in [0.5, 0.6) is 11.5 Å². The van der Waals surface area contributed by atoms with Gasteiger partial charge in [0.25, 0.3) is 11.8 Å². The summed E-state index contributed by atoms with van der Waals surface area (Å²) in [5.41, 5.74) is 14.3. The van der Waals surface area contributed by atoms with Crippen molar-refractivity contribution < 1.29 is 37.9 Å². The van der Waals surface area contributed by atoms with Gasteiger partial charge in [-0.2, -0.15) is 0 Å². The third-order valence-corrected chi connectivity index (χ3v) is 12.5. The topological polar surface area (TPSA) is 185 Å². The second kappa shape index (κ2) is 18.8. The van der Waals surface area contributed by atoms with Crippen LogP contribution in [0.4, 0.5) is 20.2 Å². The molecule has 2 amide bonds. The van der Waals surface area contributed by atoms with Gasteiger partial charge in [-0.05, 0) is 65.1 Å². The minimum absolute atomic E-state index is 0.107. The number of rotatable bonds is 4. The number of hydrogen-bond donors (Lipinski definition) is 4. The number of likely N-dealkylation sites (N-methyl/N-ethyl adjacent to an activating group) is 2. The maximum Gasteiger partial charge on any atom is 0.487 e. The van der Waals surface area contributed by atoms with Crippen LogP contribution in [0.25, 0.3) is 20.8 Å². The highest BCUT2D eigenvalue weighted by molar-refractivity contribution is 9.10. The molecule has 0 aliphatic carbocycles. The molecular weight excluding hydrogens is 937 g/mol. The molecule has 4 aliphatic heterocycles. The number of carbonyl (C=O) groups excluding carboxylic acids is 2. The van der Waals surface area contributed by atoms with E-state index >= 15 is 0 Å². The Kier molecular flexibility index (Phi) is 12.9. The van der Waals surface area contributed by atoms with Crippen molar-refractivity contribution in [2.75, 3.05) is 14.1 Å². The minimum Gasteiger partial charge on any atom is -0.485 e. The Bertz CT molecular complexity index is 3140. The molecule has 4 atom stereocenters. The molecule has 6 aromatic rings. The van der Waals surface area contributed by atoms with E-state index in [1.165, 1.54) is 28.0 Å². The number of nitrogens with two attached hydrogens (primary N) is 2. The molecular formula is C50H40BBrF2N8O6. The molecule has 6 aromatic carbocycles. The van der Waals surface area contributed by atoms with Crippen LogP contribution in [0.3, 0.4) is 0 Å². The number of halogens is 3. The number of benzene rings is 6. The van der Waals surface area contributed by atoms with E-state index in [1.807, 2.05) is 30.3 Å². The predicted octanol–water partition coefficient (Wildman–Crippen LogP) is 7.56. The average Bonchev–Trinajstić information content (AvgIpc) is 3.69. The molecule has 6 N–H and O–H groups in total. The number of ether oxygens (including phenoxy) is 2. The Morgan fingerprint density at radius 3 is 1.62 bits per heavy atom.